The molecule has 0 saturated heterocycles. The highest BCUT2D eigenvalue weighted by Crippen LogP contribution is 2.35. The lowest BCUT2D eigenvalue weighted by Gasteiger charge is -2.10. The Morgan fingerprint density at radius 2 is 2.25 bits per heavy atom. The standard InChI is InChI=1S/C21H20N4O3/c1-3-27-20-12-17-9-14(2)28-21(17)11-16(20)7-8-19(26)15-5-4-6-18(10-15)25-13-22-23-24-25/h4-8,10-14H,3,9H2,1-2H3/b8-7+/t14-/m1/s1. The van der Waals surface area contributed by atoms with Crippen molar-refractivity contribution in [1.29, 1.82) is 0 Å². The Hall–Kier alpha value is -3.48. The molecule has 7 heteroatoms. The number of aromatic nitrogens is 4. The Labute approximate surface area is 162 Å². The van der Waals surface area contributed by atoms with Gasteiger partial charge in [-0.1, -0.05) is 12.1 Å². The molecule has 1 atom stereocenters. The normalized spacial score (nSPS) is 15.4. The Balaban J connectivity index is 1.60. The Morgan fingerprint density at radius 1 is 1.36 bits per heavy atom. The topological polar surface area (TPSA) is 79.1 Å². The van der Waals surface area contributed by atoms with Crippen LogP contribution in [0.5, 0.6) is 11.5 Å². The third-order valence-electron chi connectivity index (χ3n) is 4.49. The quantitative estimate of drug-likeness (QED) is 0.485. The van der Waals surface area contributed by atoms with Crippen LogP contribution < -0.4 is 9.47 Å². The number of allylic oxidation sites excluding steroid dienone is 1. The van der Waals surface area contributed by atoms with E-state index in [1.54, 1.807) is 30.4 Å². The molecule has 0 unspecified atom stereocenters. The summed E-state index contributed by atoms with van der Waals surface area (Å²) in [5, 5.41) is 11.1. The number of carbonyl (C=O) groups excluding carboxylic acids is 1. The van der Waals surface area contributed by atoms with E-state index in [-0.39, 0.29) is 11.9 Å². The van der Waals surface area contributed by atoms with Gasteiger partial charge in [-0.25, -0.2) is 4.68 Å². The third kappa shape index (κ3) is 3.64. The van der Waals surface area contributed by atoms with Gasteiger partial charge in [-0.15, -0.1) is 5.10 Å². The zero-order valence-electron chi connectivity index (χ0n) is 15.7. The summed E-state index contributed by atoms with van der Waals surface area (Å²) >= 11 is 0. The van der Waals surface area contributed by atoms with Gasteiger partial charge >= 0.3 is 0 Å². The van der Waals surface area contributed by atoms with Crippen LogP contribution in [0.3, 0.4) is 0 Å². The number of fused-ring (bicyclic) bond motifs is 1. The van der Waals surface area contributed by atoms with E-state index >= 15 is 0 Å². The minimum atomic E-state index is -0.118. The highest BCUT2D eigenvalue weighted by molar-refractivity contribution is 6.07. The number of benzene rings is 2. The number of ketones is 1. The van der Waals surface area contributed by atoms with Gasteiger partial charge in [0.2, 0.25) is 0 Å². The van der Waals surface area contributed by atoms with Crippen molar-refractivity contribution in [2.45, 2.75) is 26.4 Å². The van der Waals surface area contributed by atoms with Crippen LogP contribution in [0.15, 0.2) is 48.8 Å². The fourth-order valence-electron chi connectivity index (χ4n) is 3.21. The fraction of sp³-hybridized carbons (Fsp3) is 0.238. The maximum absolute atomic E-state index is 12.7. The van der Waals surface area contributed by atoms with Gasteiger partial charge in [-0.2, -0.15) is 0 Å². The van der Waals surface area contributed by atoms with Crippen LogP contribution in [0.2, 0.25) is 0 Å². The molecule has 0 saturated carbocycles. The van der Waals surface area contributed by atoms with Gasteiger partial charge in [0.25, 0.3) is 0 Å². The second-order valence-corrected chi connectivity index (χ2v) is 6.57. The van der Waals surface area contributed by atoms with Gasteiger partial charge in [0, 0.05) is 23.1 Å². The van der Waals surface area contributed by atoms with E-state index in [2.05, 4.69) is 15.5 Å². The zero-order chi connectivity index (χ0) is 19.5. The average Bonchev–Trinajstić information content (AvgIpc) is 3.35. The molecule has 28 heavy (non-hydrogen) atoms. The first-order valence-corrected chi connectivity index (χ1v) is 9.16. The van der Waals surface area contributed by atoms with Crippen molar-refractivity contribution in [1.82, 2.24) is 20.2 Å². The van der Waals surface area contributed by atoms with E-state index in [0.29, 0.717) is 12.2 Å². The summed E-state index contributed by atoms with van der Waals surface area (Å²) in [4.78, 5) is 12.7. The maximum Gasteiger partial charge on any atom is 0.185 e. The lowest BCUT2D eigenvalue weighted by atomic mass is 10.0. The molecule has 1 aliphatic rings. The van der Waals surface area contributed by atoms with Gasteiger partial charge in [0.05, 0.1) is 12.3 Å². The van der Waals surface area contributed by atoms with Crippen molar-refractivity contribution < 1.29 is 14.3 Å². The molecule has 3 aromatic rings. The molecule has 1 aliphatic heterocycles. The fourth-order valence-corrected chi connectivity index (χ4v) is 3.21. The van der Waals surface area contributed by atoms with Crippen molar-refractivity contribution in [3.8, 4) is 17.2 Å². The molecular weight excluding hydrogens is 356 g/mol. The monoisotopic (exact) mass is 376 g/mol. The zero-order valence-corrected chi connectivity index (χ0v) is 15.7. The van der Waals surface area contributed by atoms with E-state index in [0.717, 1.165) is 34.7 Å². The van der Waals surface area contributed by atoms with E-state index < -0.39 is 0 Å². The van der Waals surface area contributed by atoms with Gasteiger partial charge in [-0.3, -0.25) is 4.79 Å². The smallest absolute Gasteiger partial charge is 0.185 e. The van der Waals surface area contributed by atoms with Crippen molar-refractivity contribution in [3.63, 3.8) is 0 Å². The molecule has 4 rings (SSSR count). The van der Waals surface area contributed by atoms with Gasteiger partial charge in [-0.05, 0) is 60.7 Å². The molecule has 0 N–H and O–H groups in total. The van der Waals surface area contributed by atoms with Gasteiger partial charge in [0.1, 0.15) is 23.9 Å². The predicted octanol–water partition coefficient (Wildman–Crippen LogP) is 3.28. The van der Waals surface area contributed by atoms with Crippen LogP contribution in [-0.4, -0.2) is 38.7 Å². The van der Waals surface area contributed by atoms with E-state index in [4.69, 9.17) is 9.47 Å². The second-order valence-electron chi connectivity index (χ2n) is 6.57. The van der Waals surface area contributed by atoms with Crippen LogP contribution in [0, 0.1) is 0 Å². The Morgan fingerprint density at radius 3 is 3.04 bits per heavy atom. The molecular formula is C21H20N4O3. The first-order chi connectivity index (χ1) is 13.6. The summed E-state index contributed by atoms with van der Waals surface area (Å²) < 4.78 is 13.1. The van der Waals surface area contributed by atoms with Crippen LogP contribution in [0.4, 0.5) is 0 Å². The molecule has 1 aromatic heterocycles. The molecule has 0 aliphatic carbocycles. The van der Waals surface area contributed by atoms with Crippen LogP contribution >= 0.6 is 0 Å². The van der Waals surface area contributed by atoms with Crippen LogP contribution in [0.1, 0.15) is 35.3 Å². The highest BCUT2D eigenvalue weighted by atomic mass is 16.5. The lowest BCUT2D eigenvalue weighted by molar-refractivity contribution is 0.104. The van der Waals surface area contributed by atoms with Gasteiger partial charge < -0.3 is 9.47 Å². The summed E-state index contributed by atoms with van der Waals surface area (Å²) in [5.41, 5.74) is 3.22. The minimum absolute atomic E-state index is 0.118. The number of tetrazole rings is 1. The molecule has 7 nitrogen and oxygen atoms in total. The van der Waals surface area contributed by atoms with Crippen molar-refractivity contribution in [2.75, 3.05) is 6.61 Å². The molecule has 0 radical (unpaired) electrons. The first-order valence-electron chi connectivity index (χ1n) is 9.16. The van der Waals surface area contributed by atoms with Crippen molar-refractivity contribution >= 4 is 11.9 Å². The summed E-state index contributed by atoms with van der Waals surface area (Å²) in [7, 11) is 0. The van der Waals surface area contributed by atoms with E-state index in [1.807, 2.05) is 32.0 Å². The van der Waals surface area contributed by atoms with Gasteiger partial charge in [0.15, 0.2) is 5.78 Å². The number of hydrogen-bond acceptors (Lipinski definition) is 6. The number of ether oxygens (including phenoxy) is 2. The summed E-state index contributed by atoms with van der Waals surface area (Å²) in [6.07, 6.45) is 5.81. The predicted molar refractivity (Wildman–Crippen MR) is 104 cm³/mol. The van der Waals surface area contributed by atoms with E-state index in [1.165, 1.54) is 11.0 Å². The number of carbonyl (C=O) groups is 1. The largest absolute Gasteiger partial charge is 0.493 e. The second kappa shape index (κ2) is 7.64. The first kappa shape index (κ1) is 17.9. The SMILES string of the molecule is CCOc1cc2c(cc1/C=C/C(=O)c1cccc(-n3cnnn3)c1)O[C@H](C)C2. The number of rotatable bonds is 6. The molecule has 0 bridgehead atoms. The molecule has 0 spiro atoms. The summed E-state index contributed by atoms with van der Waals surface area (Å²) in [6.45, 7) is 4.53. The number of hydrogen-bond donors (Lipinski definition) is 0. The summed E-state index contributed by atoms with van der Waals surface area (Å²) in [6, 6.07) is 11.1. The highest BCUT2D eigenvalue weighted by Gasteiger charge is 2.21. The van der Waals surface area contributed by atoms with Crippen LogP contribution in [0.25, 0.3) is 11.8 Å². The van der Waals surface area contributed by atoms with Crippen molar-refractivity contribution in [2.24, 2.45) is 0 Å². The number of nitrogens with zero attached hydrogens (tertiary/aromatic N) is 4. The molecule has 2 heterocycles. The molecule has 0 amide bonds. The van der Waals surface area contributed by atoms with E-state index in [9.17, 15) is 4.79 Å². The average molecular weight is 376 g/mol. The Bertz CT molecular complexity index is 1030. The lowest BCUT2D eigenvalue weighted by Crippen LogP contribution is -2.05. The molecule has 0 fully saturated rings. The van der Waals surface area contributed by atoms with Crippen LogP contribution in [-0.2, 0) is 6.42 Å². The Kier molecular flexibility index (Phi) is 4.89. The third-order valence-corrected chi connectivity index (χ3v) is 4.49. The minimum Gasteiger partial charge on any atom is -0.493 e. The maximum atomic E-state index is 12.7. The van der Waals surface area contributed by atoms with Crippen molar-refractivity contribution in [3.05, 3.63) is 65.5 Å². The summed E-state index contributed by atoms with van der Waals surface area (Å²) in [5.74, 6) is 1.49. The molecule has 2 aromatic carbocycles. The molecule has 142 valence electrons.